The lowest BCUT2D eigenvalue weighted by atomic mass is 9.87. The Bertz CT molecular complexity index is 1020. The van der Waals surface area contributed by atoms with Crippen LogP contribution in [0.3, 0.4) is 0 Å². The maximum absolute atomic E-state index is 12.5. The van der Waals surface area contributed by atoms with Gasteiger partial charge in [0.15, 0.2) is 5.82 Å². The minimum Gasteiger partial charge on any atom is -0.356 e. The number of nitrogens with one attached hydrogen (secondary N) is 3. The first kappa shape index (κ1) is 20.5. The zero-order valence-corrected chi connectivity index (χ0v) is 16.0. The Morgan fingerprint density at radius 1 is 1.28 bits per heavy atom. The van der Waals surface area contributed by atoms with E-state index in [0.717, 1.165) is 5.39 Å². The third kappa shape index (κ3) is 4.44. The number of alkyl halides is 3. The number of halogens is 3. The highest BCUT2D eigenvalue weighted by molar-refractivity contribution is 5.91. The fraction of sp³-hybridized carbons (Fsp3) is 0.389. The average Bonchev–Trinajstić information content (AvgIpc) is 3.09. The van der Waals surface area contributed by atoms with Crippen molar-refractivity contribution in [2.45, 2.75) is 32.5 Å². The molecule has 1 amide bonds. The maximum Gasteiger partial charge on any atom is 0.405 e. The first-order valence-corrected chi connectivity index (χ1v) is 8.84. The molecular formula is C18H20F3N7O. The maximum atomic E-state index is 12.5. The highest BCUT2D eigenvalue weighted by atomic mass is 19.4. The lowest BCUT2D eigenvalue weighted by Crippen LogP contribution is -2.55. The first-order chi connectivity index (χ1) is 13.6. The van der Waals surface area contributed by atoms with E-state index in [1.54, 1.807) is 32.3 Å². The number of amides is 1. The van der Waals surface area contributed by atoms with Crippen molar-refractivity contribution in [2.24, 2.45) is 5.92 Å². The van der Waals surface area contributed by atoms with Crippen molar-refractivity contribution < 1.29 is 18.0 Å². The van der Waals surface area contributed by atoms with E-state index in [1.807, 2.05) is 5.32 Å². The van der Waals surface area contributed by atoms with E-state index in [-0.39, 0.29) is 5.92 Å². The van der Waals surface area contributed by atoms with Gasteiger partial charge in [-0.3, -0.25) is 4.79 Å². The van der Waals surface area contributed by atoms with Crippen molar-refractivity contribution in [1.29, 1.82) is 0 Å². The second kappa shape index (κ2) is 7.64. The number of carbonyl (C=O) groups excluding carboxylic acids is 1. The Labute approximate surface area is 164 Å². The van der Waals surface area contributed by atoms with Crippen LogP contribution in [0.4, 0.5) is 19.0 Å². The Hall–Kier alpha value is -3.24. The minimum atomic E-state index is -4.49. The van der Waals surface area contributed by atoms with Crippen LogP contribution in [0.15, 0.2) is 31.0 Å². The van der Waals surface area contributed by atoms with E-state index in [2.05, 4.69) is 30.2 Å². The van der Waals surface area contributed by atoms with Gasteiger partial charge < -0.3 is 15.6 Å². The number of carbonyl (C=O) groups is 1. The molecule has 1 atom stereocenters. The number of aromatic amines is 1. The molecule has 0 saturated carbocycles. The molecule has 0 aliphatic carbocycles. The molecule has 3 rings (SSSR count). The number of hydrogen-bond acceptors (Lipinski definition) is 6. The lowest BCUT2D eigenvalue weighted by molar-refractivity contribution is -0.141. The van der Waals surface area contributed by atoms with Gasteiger partial charge in [0.05, 0.1) is 0 Å². The van der Waals surface area contributed by atoms with Crippen molar-refractivity contribution in [2.75, 3.05) is 11.9 Å². The summed E-state index contributed by atoms with van der Waals surface area (Å²) in [6, 6.07) is 1.55. The standard InChI is InChI=1S/C18H20F3N7O/c1-10(2)17(3,16(29)25-8-18(19,20)21)28-13-4-5-23-15(27-13)12-7-24-14-11(12)6-22-9-26-14/h4-7,9-10H,8H2,1-3H3,(H,25,29)(H,22,24,26)(H,23,27,28)/t17-/m1/s1. The molecule has 0 bridgehead atoms. The van der Waals surface area contributed by atoms with Crippen LogP contribution in [0.1, 0.15) is 20.8 Å². The Morgan fingerprint density at radius 3 is 2.72 bits per heavy atom. The summed E-state index contributed by atoms with van der Waals surface area (Å²) in [5.74, 6) is -0.432. The smallest absolute Gasteiger partial charge is 0.356 e. The average molecular weight is 407 g/mol. The van der Waals surface area contributed by atoms with Crippen molar-refractivity contribution in [3.05, 3.63) is 31.0 Å². The van der Waals surface area contributed by atoms with Crippen molar-refractivity contribution in [1.82, 2.24) is 30.2 Å². The van der Waals surface area contributed by atoms with Crippen LogP contribution >= 0.6 is 0 Å². The van der Waals surface area contributed by atoms with Crippen LogP contribution in [-0.2, 0) is 4.79 Å². The second-order valence-corrected chi connectivity index (χ2v) is 7.03. The van der Waals surface area contributed by atoms with Gasteiger partial charge in [-0.15, -0.1) is 0 Å². The molecule has 0 spiro atoms. The van der Waals surface area contributed by atoms with Gasteiger partial charge in [-0.05, 0) is 18.9 Å². The molecule has 0 aliphatic rings. The van der Waals surface area contributed by atoms with E-state index in [0.29, 0.717) is 22.9 Å². The van der Waals surface area contributed by atoms with Crippen molar-refractivity contribution in [3.8, 4) is 11.4 Å². The van der Waals surface area contributed by atoms with Gasteiger partial charge in [0.2, 0.25) is 5.91 Å². The third-order valence-electron chi connectivity index (χ3n) is 4.72. The number of anilines is 1. The fourth-order valence-corrected chi connectivity index (χ4v) is 2.70. The number of nitrogens with zero attached hydrogens (tertiary/aromatic N) is 4. The molecule has 0 aromatic carbocycles. The third-order valence-corrected chi connectivity index (χ3v) is 4.72. The zero-order chi connectivity index (χ0) is 21.2. The Kier molecular flexibility index (Phi) is 5.40. The fourth-order valence-electron chi connectivity index (χ4n) is 2.70. The number of rotatable bonds is 6. The molecule has 0 radical (unpaired) electrons. The monoisotopic (exact) mass is 407 g/mol. The molecule has 29 heavy (non-hydrogen) atoms. The summed E-state index contributed by atoms with van der Waals surface area (Å²) < 4.78 is 37.5. The molecule has 3 N–H and O–H groups in total. The van der Waals surface area contributed by atoms with E-state index in [4.69, 9.17) is 0 Å². The predicted molar refractivity (Wildman–Crippen MR) is 101 cm³/mol. The van der Waals surface area contributed by atoms with E-state index < -0.39 is 24.2 Å². The van der Waals surface area contributed by atoms with E-state index >= 15 is 0 Å². The first-order valence-electron chi connectivity index (χ1n) is 8.84. The predicted octanol–water partition coefficient (Wildman–Crippen LogP) is 2.92. The van der Waals surface area contributed by atoms with Gasteiger partial charge in [0.1, 0.15) is 29.9 Å². The number of H-pyrrole nitrogens is 1. The van der Waals surface area contributed by atoms with Crippen LogP contribution in [-0.4, -0.2) is 49.1 Å². The van der Waals surface area contributed by atoms with Gasteiger partial charge in [-0.2, -0.15) is 13.2 Å². The Balaban J connectivity index is 1.88. The van der Waals surface area contributed by atoms with E-state index in [1.165, 1.54) is 19.4 Å². The second-order valence-electron chi connectivity index (χ2n) is 7.03. The summed E-state index contributed by atoms with van der Waals surface area (Å²) in [6.07, 6.45) is 1.74. The molecule has 3 aromatic heterocycles. The number of fused-ring (bicyclic) bond motifs is 1. The molecule has 8 nitrogen and oxygen atoms in total. The molecule has 0 unspecified atom stereocenters. The number of hydrogen-bond donors (Lipinski definition) is 3. The van der Waals surface area contributed by atoms with Gasteiger partial charge in [0, 0.05) is 29.5 Å². The summed E-state index contributed by atoms with van der Waals surface area (Å²) in [4.78, 5) is 32.3. The SMILES string of the molecule is CC(C)[C@@](C)(Nc1ccnc(-c2c[nH]c3ncncc23)n1)C(=O)NCC(F)(F)F. The normalized spacial score (nSPS) is 14.0. The van der Waals surface area contributed by atoms with Crippen LogP contribution < -0.4 is 10.6 Å². The topological polar surface area (TPSA) is 108 Å². The van der Waals surface area contributed by atoms with Crippen LogP contribution in [0, 0.1) is 5.92 Å². The zero-order valence-electron chi connectivity index (χ0n) is 16.0. The molecule has 0 aliphatic heterocycles. The largest absolute Gasteiger partial charge is 0.405 e. The van der Waals surface area contributed by atoms with Gasteiger partial charge in [-0.1, -0.05) is 13.8 Å². The highest BCUT2D eigenvalue weighted by Gasteiger charge is 2.39. The van der Waals surface area contributed by atoms with Crippen LogP contribution in [0.25, 0.3) is 22.4 Å². The highest BCUT2D eigenvalue weighted by Crippen LogP contribution is 2.27. The molecule has 0 fully saturated rings. The summed E-state index contributed by atoms with van der Waals surface area (Å²) in [6.45, 7) is 3.60. The van der Waals surface area contributed by atoms with Crippen molar-refractivity contribution in [3.63, 3.8) is 0 Å². The van der Waals surface area contributed by atoms with Crippen LogP contribution in [0.5, 0.6) is 0 Å². The molecule has 11 heteroatoms. The Morgan fingerprint density at radius 2 is 2.03 bits per heavy atom. The van der Waals surface area contributed by atoms with E-state index in [9.17, 15) is 18.0 Å². The van der Waals surface area contributed by atoms with Gasteiger partial charge >= 0.3 is 6.18 Å². The molecule has 3 heterocycles. The number of aromatic nitrogens is 5. The summed E-state index contributed by atoms with van der Waals surface area (Å²) >= 11 is 0. The molecule has 0 saturated heterocycles. The minimum absolute atomic E-state index is 0.305. The quantitative estimate of drug-likeness (QED) is 0.580. The summed E-state index contributed by atoms with van der Waals surface area (Å²) in [7, 11) is 0. The lowest BCUT2D eigenvalue weighted by Gasteiger charge is -2.34. The van der Waals surface area contributed by atoms with Crippen molar-refractivity contribution >= 4 is 22.8 Å². The van der Waals surface area contributed by atoms with Crippen LogP contribution in [0.2, 0.25) is 0 Å². The molecule has 154 valence electrons. The molecular weight excluding hydrogens is 387 g/mol. The van der Waals surface area contributed by atoms with Gasteiger partial charge in [0.25, 0.3) is 0 Å². The van der Waals surface area contributed by atoms with Gasteiger partial charge in [-0.25, -0.2) is 19.9 Å². The summed E-state index contributed by atoms with van der Waals surface area (Å²) in [5, 5.41) is 5.63. The summed E-state index contributed by atoms with van der Waals surface area (Å²) in [5.41, 5.74) is -0.0345. The molecule has 3 aromatic rings.